The summed E-state index contributed by atoms with van der Waals surface area (Å²) in [5.74, 6) is 0. The molecule has 4 N–H and O–H groups in total. The average Bonchev–Trinajstić information content (AvgIpc) is 3.02. The molecule has 3 aromatic carbocycles. The van der Waals surface area contributed by atoms with E-state index in [0.29, 0.717) is 24.8 Å². The van der Waals surface area contributed by atoms with Crippen molar-refractivity contribution in [3.05, 3.63) is 108 Å². The summed E-state index contributed by atoms with van der Waals surface area (Å²) >= 11 is 0. The summed E-state index contributed by atoms with van der Waals surface area (Å²) in [4.78, 5) is 0. The lowest BCUT2D eigenvalue weighted by Crippen LogP contribution is -2.36. The summed E-state index contributed by atoms with van der Waals surface area (Å²) in [6.07, 6.45) is 0.771. The molecule has 2 saturated heterocycles. The van der Waals surface area contributed by atoms with Crippen LogP contribution in [0, 0.1) is 0 Å². The molecule has 15 heteroatoms. The fraction of sp³-hybridized carbons (Fsp3) is 0.400. The van der Waals surface area contributed by atoms with Gasteiger partial charge in [0.25, 0.3) is 0 Å². The Morgan fingerprint density at radius 1 is 0.800 bits per heavy atom. The number of nitrogens with two attached hydrogens (primary N) is 1. The van der Waals surface area contributed by atoms with E-state index >= 15 is 0 Å². The van der Waals surface area contributed by atoms with Crippen molar-refractivity contribution in [2.45, 2.75) is 60.0 Å². The highest BCUT2D eigenvalue weighted by molar-refractivity contribution is 7.85. The summed E-state index contributed by atoms with van der Waals surface area (Å²) in [7, 11) is -9.94. The molecule has 3 unspecified atom stereocenters. The van der Waals surface area contributed by atoms with E-state index in [0.717, 1.165) is 11.1 Å². The quantitative estimate of drug-likeness (QED) is 0.316. The van der Waals surface area contributed by atoms with Crippen LogP contribution >= 0.6 is 0 Å². The Balaban J connectivity index is 0.000000659. The molecule has 12 nitrogen and oxygen atoms in total. The van der Waals surface area contributed by atoms with Crippen LogP contribution in [0.1, 0.15) is 74.4 Å². The summed E-state index contributed by atoms with van der Waals surface area (Å²) < 4.78 is 105. The standard InChI is InChI=1S/2C9H11NO3S.C9H13NO3S.3CH4/c2*11-14(12)10-9(6-7-13-14)8-4-2-1-3-5-8;10-14(11,12)13-8-4-7-9-5-2-1-3-6-9;;;/h2*1-5,9-10H,6-7H2;1-3,5-6H,4,7-8H2,(H2,10,11,12);3*1H4/i9D;;7D;1D;;. The third kappa shape index (κ3) is 17.0. The minimum absolute atomic E-state index is 0. The Labute approximate surface area is 274 Å². The van der Waals surface area contributed by atoms with Gasteiger partial charge in [-0.1, -0.05) is 113 Å². The van der Waals surface area contributed by atoms with Gasteiger partial charge < -0.3 is 0 Å². The predicted octanol–water partition coefficient (Wildman–Crippen LogP) is 4.71. The number of hydrogen-bond donors (Lipinski definition) is 3. The molecule has 0 saturated carbocycles. The number of benzene rings is 3. The second-order valence-corrected chi connectivity index (χ2v) is 12.8. The lowest BCUT2D eigenvalue weighted by Gasteiger charge is -2.23. The van der Waals surface area contributed by atoms with E-state index in [4.69, 9.17) is 4.11 Å². The van der Waals surface area contributed by atoms with Crippen LogP contribution in [0.5, 0.6) is 0 Å². The highest BCUT2D eigenvalue weighted by atomic mass is 32.2. The van der Waals surface area contributed by atoms with Gasteiger partial charge in [0.2, 0.25) is 0 Å². The largest absolute Gasteiger partial charge is 0.336 e. The molecule has 0 aromatic heterocycles. The molecule has 0 aliphatic carbocycles. The van der Waals surface area contributed by atoms with E-state index in [2.05, 4.69) is 27.1 Å². The van der Waals surface area contributed by atoms with Crippen LogP contribution in [-0.4, -0.2) is 45.1 Å². The molecular formula is C30H47N3O9S3. The van der Waals surface area contributed by atoms with Gasteiger partial charge in [-0.3, -0.25) is 12.5 Å². The Kier molecular flexibility index (Phi) is 16.7. The van der Waals surface area contributed by atoms with E-state index in [1.165, 1.54) is 7.40 Å². The van der Waals surface area contributed by atoms with Crippen molar-refractivity contribution in [3.8, 4) is 0 Å². The molecule has 3 aromatic rings. The normalized spacial score (nSPS) is 22.8. The number of aryl methyl sites for hydroxylation is 1. The van der Waals surface area contributed by atoms with E-state index in [9.17, 15) is 25.3 Å². The van der Waals surface area contributed by atoms with Gasteiger partial charge in [0, 0.05) is 2.74 Å². The fourth-order valence-electron chi connectivity index (χ4n) is 3.77. The fourth-order valence-corrected chi connectivity index (χ4v) is 5.97. The number of rotatable bonds is 7. The molecule has 0 bridgehead atoms. The Morgan fingerprint density at radius 2 is 1.27 bits per heavy atom. The molecule has 2 aliphatic rings. The third-order valence-electron chi connectivity index (χ3n) is 5.64. The maximum Gasteiger partial charge on any atom is 0.336 e. The molecule has 2 fully saturated rings. The molecule has 0 spiro atoms. The highest BCUT2D eigenvalue weighted by Gasteiger charge is 2.26. The van der Waals surface area contributed by atoms with E-state index in [-0.39, 0.29) is 40.7 Å². The van der Waals surface area contributed by atoms with Crippen molar-refractivity contribution in [1.82, 2.24) is 9.44 Å². The molecule has 5 rings (SSSR count). The maximum absolute atomic E-state index is 11.2. The first kappa shape index (κ1) is 36.7. The highest BCUT2D eigenvalue weighted by Crippen LogP contribution is 2.22. The molecule has 254 valence electrons. The monoisotopic (exact) mass is 692 g/mol. The Hall–Kier alpha value is -2.73. The van der Waals surface area contributed by atoms with Crippen molar-refractivity contribution in [3.63, 3.8) is 0 Å². The van der Waals surface area contributed by atoms with E-state index in [1.54, 1.807) is 24.3 Å². The zero-order valence-corrected chi connectivity index (χ0v) is 26.0. The topological polar surface area (TPSA) is 180 Å². The summed E-state index contributed by atoms with van der Waals surface area (Å²) in [6, 6.07) is 26.0. The zero-order valence-electron chi connectivity index (χ0n) is 26.5. The van der Waals surface area contributed by atoms with Crippen LogP contribution in [0.15, 0.2) is 91.0 Å². The predicted molar refractivity (Wildman–Crippen MR) is 178 cm³/mol. The number of hydrogen-bond acceptors (Lipinski definition) is 9. The molecule has 2 aliphatic heterocycles. The average molecular weight is 693 g/mol. The minimum atomic E-state index is -3.89. The maximum atomic E-state index is 11.2. The van der Waals surface area contributed by atoms with E-state index < -0.39 is 43.3 Å². The van der Waals surface area contributed by atoms with Gasteiger partial charge in [-0.2, -0.15) is 34.7 Å². The zero-order chi connectivity index (χ0) is 34.3. The van der Waals surface area contributed by atoms with Crippen molar-refractivity contribution in [2.75, 3.05) is 19.8 Å². The first-order valence-electron chi connectivity index (χ1n) is 14.9. The van der Waals surface area contributed by atoms with Gasteiger partial charge in [-0.15, -0.1) is 0 Å². The van der Waals surface area contributed by atoms with Crippen LogP contribution in [0.25, 0.3) is 0 Å². The second kappa shape index (κ2) is 20.4. The second-order valence-electron chi connectivity index (χ2n) is 8.84. The van der Waals surface area contributed by atoms with Crippen LogP contribution in [0.3, 0.4) is 0 Å². The van der Waals surface area contributed by atoms with Gasteiger partial charge in [-0.25, -0.2) is 5.14 Å². The van der Waals surface area contributed by atoms with Crippen molar-refractivity contribution in [1.29, 1.82) is 0 Å². The molecule has 0 radical (unpaired) electrons. The first-order chi connectivity index (χ1) is 21.7. The van der Waals surface area contributed by atoms with Gasteiger partial charge >= 0.3 is 30.9 Å². The molecule has 2 heterocycles. The third-order valence-corrected chi connectivity index (χ3v) is 8.16. The molecular weight excluding hydrogens is 643 g/mol. The van der Waals surface area contributed by atoms with E-state index in [1.807, 2.05) is 66.7 Å². The van der Waals surface area contributed by atoms with Gasteiger partial charge in [-0.05, 0) is 42.3 Å². The van der Waals surface area contributed by atoms with Crippen LogP contribution in [-0.2, 0) is 49.9 Å². The summed E-state index contributed by atoms with van der Waals surface area (Å²) in [6.45, 7) is 0.213. The Bertz CT molecular complexity index is 1640. The molecule has 0 amide bonds. The van der Waals surface area contributed by atoms with Gasteiger partial charge in [0.1, 0.15) is 0 Å². The lowest BCUT2D eigenvalue weighted by atomic mass is 10.1. The molecule has 45 heavy (non-hydrogen) atoms. The van der Waals surface area contributed by atoms with Crippen LogP contribution in [0.2, 0.25) is 0 Å². The van der Waals surface area contributed by atoms with Crippen molar-refractivity contribution < 1.29 is 41.9 Å². The lowest BCUT2D eigenvalue weighted by molar-refractivity contribution is 0.257. The van der Waals surface area contributed by atoms with Gasteiger partial charge in [0.05, 0.1) is 33.3 Å². The summed E-state index contributed by atoms with van der Waals surface area (Å²) in [5, 5.41) is 4.65. The smallest absolute Gasteiger partial charge is 0.258 e. The van der Waals surface area contributed by atoms with Crippen LogP contribution < -0.4 is 14.6 Å². The molecule has 3 atom stereocenters. The minimum Gasteiger partial charge on any atom is -0.258 e. The Morgan fingerprint density at radius 3 is 1.76 bits per heavy atom. The summed E-state index contributed by atoms with van der Waals surface area (Å²) in [5.41, 5.74) is 2.42. The SMILES string of the molecule is C.C.O=S1(=O)NC(c2ccccc2)CCO1.[2H]C.[2H]C(CCOS(N)(=O)=O)c1ccccc1.[2H]C1(c2ccccc2)CCOS(=O)(=O)N1. The van der Waals surface area contributed by atoms with Crippen LogP contribution in [0.4, 0.5) is 0 Å². The van der Waals surface area contributed by atoms with Gasteiger partial charge in [0.15, 0.2) is 0 Å². The van der Waals surface area contributed by atoms with Crippen molar-refractivity contribution in [2.24, 2.45) is 5.14 Å². The number of nitrogens with one attached hydrogen (secondary N) is 2. The van der Waals surface area contributed by atoms with Crippen molar-refractivity contribution >= 4 is 30.9 Å². The first-order valence-corrected chi connectivity index (χ1v) is 17.1.